The largest absolute Gasteiger partial charge is 0.465 e. The molecular weight excluding hydrogens is 769 g/mol. The maximum Gasteiger partial charge on any atom is 0.407 e. The Labute approximate surface area is 344 Å². The van der Waals surface area contributed by atoms with E-state index in [4.69, 9.17) is 4.74 Å². The van der Waals surface area contributed by atoms with Crippen LogP contribution in [-0.4, -0.2) is 123 Å². The minimum absolute atomic E-state index is 0.161. The molecule has 0 spiro atoms. The van der Waals surface area contributed by atoms with Gasteiger partial charge in [-0.05, 0) is 47.9 Å². The maximum absolute atomic E-state index is 13.8. The zero-order valence-electron chi connectivity index (χ0n) is 33.2. The van der Waals surface area contributed by atoms with Gasteiger partial charge in [0.05, 0.1) is 67.0 Å². The number of aromatic amines is 4. The number of carbonyl (C=O) groups excluding carboxylic acids is 3. The fourth-order valence-corrected chi connectivity index (χ4v) is 8.15. The number of alkyl carbamates (subject to hydrolysis) is 1. The monoisotopic (exact) mass is 814 g/mol. The van der Waals surface area contributed by atoms with E-state index in [1.807, 2.05) is 36.4 Å². The predicted molar refractivity (Wildman–Crippen MR) is 218 cm³/mol. The molecule has 2 fully saturated rings. The molecule has 18 heteroatoms. The normalized spacial score (nSPS) is 17.4. The van der Waals surface area contributed by atoms with E-state index in [0.717, 1.165) is 57.8 Å². The minimum atomic E-state index is -1.18. The summed E-state index contributed by atoms with van der Waals surface area (Å²) in [6.07, 6.45) is 11.5. The highest BCUT2D eigenvalue weighted by Crippen LogP contribution is 2.35. The van der Waals surface area contributed by atoms with Crippen LogP contribution in [0.1, 0.15) is 60.8 Å². The van der Waals surface area contributed by atoms with Crippen molar-refractivity contribution in [3.8, 4) is 33.6 Å². The molecule has 60 heavy (non-hydrogen) atoms. The lowest BCUT2D eigenvalue weighted by Crippen LogP contribution is -2.50. The summed E-state index contributed by atoms with van der Waals surface area (Å²) in [4.78, 5) is 86.6. The third-order valence-corrected chi connectivity index (χ3v) is 11.4. The van der Waals surface area contributed by atoms with Gasteiger partial charge in [0.1, 0.15) is 23.7 Å². The molecule has 8 rings (SSSR count). The molecule has 2 aliphatic heterocycles. The van der Waals surface area contributed by atoms with Crippen LogP contribution in [0.15, 0.2) is 86.0 Å². The Kier molecular flexibility index (Phi) is 11.4. The Balaban J connectivity index is 0.917. The fourth-order valence-electron chi connectivity index (χ4n) is 8.15. The molecule has 310 valence electrons. The highest BCUT2D eigenvalue weighted by molar-refractivity contribution is 5.87. The molecule has 0 aliphatic carbocycles. The average molecular weight is 815 g/mol. The summed E-state index contributed by atoms with van der Waals surface area (Å²) in [6, 6.07) is 14.0. The van der Waals surface area contributed by atoms with Gasteiger partial charge in [-0.3, -0.25) is 14.5 Å². The highest BCUT2D eigenvalue weighted by atomic mass is 16.5. The number of aromatic nitrogens is 8. The molecule has 0 saturated carbocycles. The number of methoxy groups -OCH3 is 1. The molecule has 4 aromatic heterocycles. The first-order chi connectivity index (χ1) is 29.2. The van der Waals surface area contributed by atoms with Gasteiger partial charge in [0.15, 0.2) is 0 Å². The third kappa shape index (κ3) is 8.34. The van der Waals surface area contributed by atoms with E-state index < -0.39 is 24.3 Å². The molecule has 2 aliphatic rings. The first-order valence-electron chi connectivity index (χ1n) is 19.8. The van der Waals surface area contributed by atoms with Crippen LogP contribution in [0, 0.1) is 0 Å². The van der Waals surface area contributed by atoms with Gasteiger partial charge in [-0.25, -0.2) is 29.5 Å². The molecule has 4 amide bonds. The number of hydrogen-bond acceptors (Lipinski definition) is 9. The van der Waals surface area contributed by atoms with Crippen LogP contribution in [0.3, 0.4) is 0 Å². The number of rotatable bonds is 13. The molecule has 0 bridgehead atoms. The Morgan fingerprint density at radius 1 is 0.750 bits per heavy atom. The van der Waals surface area contributed by atoms with E-state index in [-0.39, 0.29) is 36.7 Å². The van der Waals surface area contributed by atoms with Gasteiger partial charge in [0.2, 0.25) is 11.8 Å². The van der Waals surface area contributed by atoms with Crippen LogP contribution in [0.5, 0.6) is 0 Å². The molecule has 0 unspecified atom stereocenters. The lowest BCUT2D eigenvalue weighted by atomic mass is 10.0. The van der Waals surface area contributed by atoms with E-state index in [9.17, 15) is 24.3 Å². The fraction of sp³-hybridized carbons (Fsp3) is 0.333. The average Bonchev–Trinajstić information content (AvgIpc) is 4.12. The van der Waals surface area contributed by atoms with E-state index in [1.165, 1.54) is 26.8 Å². The number of carbonyl (C=O) groups is 4. The Hall–Kier alpha value is -7.24. The number of hydrogen-bond donors (Lipinski definition) is 6. The van der Waals surface area contributed by atoms with Crippen LogP contribution >= 0.6 is 0 Å². The first kappa shape index (κ1) is 39.6. The number of imidazole rings is 4. The van der Waals surface area contributed by atoms with Gasteiger partial charge in [-0.2, -0.15) is 0 Å². The minimum Gasteiger partial charge on any atom is -0.465 e. The zero-order valence-corrected chi connectivity index (χ0v) is 33.2. The summed E-state index contributed by atoms with van der Waals surface area (Å²) < 4.78 is 4.79. The second-order valence-corrected chi connectivity index (χ2v) is 15.0. The standard InChI is InChI=1S/C42H46N12O6/c1-52(42(58)59)36(18-30-20-44-24-48-30)40(56)54-16-4-6-35(54)38-46-22-33(50-38)28-13-9-26(10-14-28)25-7-11-27(12-8-25)32-21-45-37(49-32)34-5-3-15-53(34)39(55)31(51-41(57)60-2)17-29-19-43-23-47-29/h7-14,19-24,31,34-36H,3-6,15-18H2,1-2H3,(H,43,47)(H,44,48)(H,45,49)(H,46,50)(H,51,57)(H,58,59)/t31-,34-,35-,36-/m0/s1. The first-order valence-corrected chi connectivity index (χ1v) is 19.8. The second kappa shape index (κ2) is 17.3. The number of H-pyrrole nitrogens is 4. The molecule has 6 heterocycles. The number of likely N-dealkylation sites (tertiary alicyclic amines) is 2. The molecule has 0 radical (unpaired) electrons. The van der Waals surface area contributed by atoms with Crippen LogP contribution in [0.2, 0.25) is 0 Å². The highest BCUT2D eigenvalue weighted by Gasteiger charge is 2.39. The lowest BCUT2D eigenvalue weighted by Gasteiger charge is -2.31. The number of amides is 4. The van der Waals surface area contributed by atoms with Gasteiger partial charge in [0.25, 0.3) is 0 Å². The summed E-state index contributed by atoms with van der Waals surface area (Å²) in [5.41, 5.74) is 6.83. The number of nitrogens with one attached hydrogen (secondary N) is 5. The second-order valence-electron chi connectivity index (χ2n) is 15.0. The van der Waals surface area contributed by atoms with Crippen molar-refractivity contribution < 1.29 is 29.0 Å². The third-order valence-electron chi connectivity index (χ3n) is 11.4. The lowest BCUT2D eigenvalue weighted by molar-refractivity contribution is -0.137. The van der Waals surface area contributed by atoms with Gasteiger partial charge in [-0.15, -0.1) is 0 Å². The Morgan fingerprint density at radius 3 is 1.70 bits per heavy atom. The predicted octanol–water partition coefficient (Wildman–Crippen LogP) is 5.10. The molecule has 18 nitrogen and oxygen atoms in total. The van der Waals surface area contributed by atoms with Crippen molar-refractivity contribution in [1.82, 2.24) is 59.9 Å². The van der Waals surface area contributed by atoms with Gasteiger partial charge in [-0.1, -0.05) is 48.5 Å². The van der Waals surface area contributed by atoms with Crippen molar-refractivity contribution in [1.29, 1.82) is 0 Å². The van der Waals surface area contributed by atoms with Crippen LogP contribution in [0.25, 0.3) is 33.6 Å². The van der Waals surface area contributed by atoms with E-state index in [0.29, 0.717) is 42.5 Å². The number of carboxylic acid groups (broad SMARTS) is 1. The van der Waals surface area contributed by atoms with E-state index >= 15 is 0 Å². The van der Waals surface area contributed by atoms with Crippen molar-refractivity contribution in [2.24, 2.45) is 0 Å². The summed E-state index contributed by atoms with van der Waals surface area (Å²) in [5, 5.41) is 12.4. The van der Waals surface area contributed by atoms with Crippen LogP contribution < -0.4 is 5.32 Å². The molecule has 6 N–H and O–H groups in total. The van der Waals surface area contributed by atoms with Crippen molar-refractivity contribution >= 4 is 24.0 Å². The smallest absolute Gasteiger partial charge is 0.407 e. The number of nitrogens with zero attached hydrogens (tertiary/aromatic N) is 7. The number of likely N-dealkylation sites (N-methyl/N-ethyl adjacent to an activating group) is 1. The van der Waals surface area contributed by atoms with Crippen LogP contribution in [0.4, 0.5) is 9.59 Å². The Morgan fingerprint density at radius 2 is 1.23 bits per heavy atom. The summed E-state index contributed by atoms with van der Waals surface area (Å²) >= 11 is 0. The van der Waals surface area contributed by atoms with Crippen molar-refractivity contribution in [3.05, 3.63) is 109 Å². The molecule has 2 saturated heterocycles. The van der Waals surface area contributed by atoms with Crippen molar-refractivity contribution in [3.63, 3.8) is 0 Å². The van der Waals surface area contributed by atoms with Gasteiger partial charge < -0.3 is 44.9 Å². The Bertz CT molecular complexity index is 2410. The van der Waals surface area contributed by atoms with Gasteiger partial charge in [0, 0.05) is 45.4 Å². The zero-order chi connectivity index (χ0) is 41.8. The SMILES string of the molecule is COC(=O)N[C@@H](Cc1c[nH]cn1)C(=O)N1CCC[C@H]1c1ncc(-c2ccc(-c3ccc(-c4cnc([C@@H]5CCCN5C(=O)[C@H](Cc5c[nH]cn5)N(C)C(=O)O)[nH]4)cc3)cc2)[nH]1. The number of benzene rings is 2. The van der Waals surface area contributed by atoms with Crippen molar-refractivity contribution in [2.45, 2.75) is 62.7 Å². The maximum atomic E-state index is 13.8. The number of ether oxygens (including phenoxy) is 1. The van der Waals surface area contributed by atoms with Crippen molar-refractivity contribution in [2.75, 3.05) is 27.2 Å². The quantitative estimate of drug-likeness (QED) is 0.0903. The summed E-state index contributed by atoms with van der Waals surface area (Å²) in [5.74, 6) is 0.840. The summed E-state index contributed by atoms with van der Waals surface area (Å²) in [6.45, 7) is 1.04. The molecule has 4 atom stereocenters. The summed E-state index contributed by atoms with van der Waals surface area (Å²) in [7, 11) is 2.67. The molecule has 6 aromatic rings. The van der Waals surface area contributed by atoms with Crippen LogP contribution in [-0.2, 0) is 27.2 Å². The molecule has 2 aromatic carbocycles. The topological polar surface area (TPSA) is 234 Å². The molecular formula is C42H46N12O6. The van der Waals surface area contributed by atoms with E-state index in [1.54, 1.807) is 34.6 Å². The van der Waals surface area contributed by atoms with E-state index in [2.05, 4.69) is 57.3 Å². The van der Waals surface area contributed by atoms with Gasteiger partial charge >= 0.3 is 12.2 Å².